The van der Waals surface area contributed by atoms with Crippen molar-refractivity contribution in [1.82, 2.24) is 10.2 Å². The third kappa shape index (κ3) is 5.63. The van der Waals surface area contributed by atoms with E-state index < -0.39 is 0 Å². The molecule has 5 aliphatic rings. The van der Waals surface area contributed by atoms with Crippen LogP contribution < -0.4 is 5.32 Å². The van der Waals surface area contributed by atoms with Crippen molar-refractivity contribution in [2.45, 2.75) is 97.7 Å². The molecule has 1 saturated heterocycles. The van der Waals surface area contributed by atoms with Crippen molar-refractivity contribution in [1.29, 1.82) is 0 Å². The third-order valence-corrected chi connectivity index (χ3v) is 12.8. The summed E-state index contributed by atoms with van der Waals surface area (Å²) in [6, 6.07) is 0. The summed E-state index contributed by atoms with van der Waals surface area (Å²) in [7, 11) is 0. The molecule has 0 radical (unpaired) electrons. The fraction of sp³-hybridized carbons (Fsp3) is 0.969. The monoisotopic (exact) mass is 548 g/mol. The van der Waals surface area contributed by atoms with Crippen LogP contribution in [0.5, 0.6) is 0 Å². The molecule has 1 amide bonds. The lowest BCUT2D eigenvalue weighted by atomic mass is 9.41. The van der Waals surface area contributed by atoms with Crippen LogP contribution in [0.25, 0.3) is 0 Å². The van der Waals surface area contributed by atoms with Gasteiger partial charge in [0.15, 0.2) is 0 Å². The predicted octanol–water partition coefficient (Wildman–Crippen LogP) is 4.70. The zero-order valence-corrected chi connectivity index (χ0v) is 25.1. The van der Waals surface area contributed by atoms with E-state index in [4.69, 9.17) is 9.47 Å². The molecule has 0 aromatic rings. The zero-order chi connectivity index (χ0) is 27.8. The average molecular weight is 549 g/mol. The highest BCUT2D eigenvalue weighted by molar-refractivity contribution is 5.67. The second-order valence-electron chi connectivity index (χ2n) is 14.4. The number of carbonyl (C=O) groups excluding carboxylic acids is 1. The summed E-state index contributed by atoms with van der Waals surface area (Å²) in [6.45, 7) is 14.9. The van der Waals surface area contributed by atoms with Gasteiger partial charge in [0.25, 0.3) is 0 Å². The van der Waals surface area contributed by atoms with Gasteiger partial charge in [0.05, 0.1) is 32.0 Å². The van der Waals surface area contributed by atoms with Gasteiger partial charge >= 0.3 is 6.09 Å². The Kier molecular flexibility index (Phi) is 9.22. The molecule has 5 fully saturated rings. The number of nitrogens with zero attached hydrogens (tertiary/aromatic N) is 1. The summed E-state index contributed by atoms with van der Waals surface area (Å²) >= 11 is 0. The van der Waals surface area contributed by atoms with Gasteiger partial charge in [0, 0.05) is 26.2 Å². The van der Waals surface area contributed by atoms with Crippen molar-refractivity contribution in [3.63, 3.8) is 0 Å². The number of morpholine rings is 1. The highest BCUT2D eigenvalue weighted by atomic mass is 16.5. The number of nitrogens with one attached hydrogen (secondary N) is 1. The molecule has 11 atom stereocenters. The third-order valence-electron chi connectivity index (χ3n) is 12.8. The maximum absolute atomic E-state index is 12.3. The van der Waals surface area contributed by atoms with E-state index in [1.54, 1.807) is 0 Å². The molecule has 7 nitrogen and oxygen atoms in total. The standard InChI is InChI=1S/C32H56N2O5/c1-5-23-27-20-22(35)8-11-32(27,4)26-9-12-31(3)24(6-7-25(31)28(26)29(23)36)21(2)10-17-39-30(37)33-13-14-34-15-18-38-19-16-34/h21-29,35-36H,5-20H2,1-4H3,(H,33,37)/t21-,22-,23-,24-,25+,26+,27?,28?,29-,31-,32+/m1/s1. The fourth-order valence-corrected chi connectivity index (χ4v) is 10.7. The van der Waals surface area contributed by atoms with Crippen molar-refractivity contribution in [2.75, 3.05) is 46.0 Å². The van der Waals surface area contributed by atoms with Gasteiger partial charge in [-0.15, -0.1) is 0 Å². The number of rotatable bonds is 8. The van der Waals surface area contributed by atoms with E-state index in [0.29, 0.717) is 54.6 Å². The Morgan fingerprint density at radius 3 is 2.51 bits per heavy atom. The van der Waals surface area contributed by atoms with Crippen LogP contribution in [0.15, 0.2) is 0 Å². The highest BCUT2D eigenvalue weighted by Gasteiger charge is 2.64. The lowest BCUT2D eigenvalue weighted by Gasteiger charge is -2.64. The Hall–Kier alpha value is -0.890. The summed E-state index contributed by atoms with van der Waals surface area (Å²) in [5.41, 5.74) is 0.495. The molecule has 0 bridgehead atoms. The first kappa shape index (κ1) is 29.6. The van der Waals surface area contributed by atoms with Crippen LogP contribution in [0.1, 0.15) is 85.5 Å². The molecule has 224 valence electrons. The fourth-order valence-electron chi connectivity index (χ4n) is 10.7. The Morgan fingerprint density at radius 1 is 1.05 bits per heavy atom. The van der Waals surface area contributed by atoms with E-state index in [0.717, 1.165) is 65.0 Å². The van der Waals surface area contributed by atoms with Gasteiger partial charge in [0.1, 0.15) is 0 Å². The first-order chi connectivity index (χ1) is 18.7. The average Bonchev–Trinajstić information content (AvgIpc) is 3.27. The van der Waals surface area contributed by atoms with Gasteiger partial charge < -0.3 is 25.0 Å². The molecule has 1 aliphatic heterocycles. The molecule has 0 aromatic carbocycles. The van der Waals surface area contributed by atoms with Gasteiger partial charge in [-0.25, -0.2) is 4.79 Å². The largest absolute Gasteiger partial charge is 0.450 e. The van der Waals surface area contributed by atoms with Crippen molar-refractivity contribution >= 4 is 6.09 Å². The van der Waals surface area contributed by atoms with E-state index >= 15 is 0 Å². The number of alkyl carbamates (subject to hydrolysis) is 1. The quantitative estimate of drug-likeness (QED) is 0.407. The molecule has 1 heterocycles. The van der Waals surface area contributed by atoms with E-state index in [1.807, 2.05) is 0 Å². The number of hydrogen-bond acceptors (Lipinski definition) is 6. The molecule has 4 saturated carbocycles. The van der Waals surface area contributed by atoms with E-state index in [-0.39, 0.29) is 29.1 Å². The molecule has 0 spiro atoms. The number of ether oxygens (including phenoxy) is 2. The number of aliphatic hydroxyl groups excluding tert-OH is 2. The lowest BCUT2D eigenvalue weighted by Crippen LogP contribution is -2.62. The Labute approximate surface area is 236 Å². The minimum Gasteiger partial charge on any atom is -0.450 e. The zero-order valence-electron chi connectivity index (χ0n) is 25.1. The van der Waals surface area contributed by atoms with Crippen LogP contribution in [0.3, 0.4) is 0 Å². The molecule has 5 rings (SSSR count). The van der Waals surface area contributed by atoms with Gasteiger partial charge in [-0.05, 0) is 104 Å². The number of amides is 1. The highest BCUT2D eigenvalue weighted by Crippen LogP contribution is 2.69. The topological polar surface area (TPSA) is 91.3 Å². The first-order valence-electron chi connectivity index (χ1n) is 16.3. The minimum atomic E-state index is -0.303. The van der Waals surface area contributed by atoms with Gasteiger partial charge in [0.2, 0.25) is 0 Å². The summed E-state index contributed by atoms with van der Waals surface area (Å²) in [4.78, 5) is 14.6. The second kappa shape index (κ2) is 12.1. The number of carbonyl (C=O) groups is 1. The predicted molar refractivity (Wildman–Crippen MR) is 152 cm³/mol. The maximum atomic E-state index is 12.3. The Balaban J connectivity index is 1.16. The van der Waals surface area contributed by atoms with Crippen molar-refractivity contribution in [3.8, 4) is 0 Å². The second-order valence-corrected chi connectivity index (χ2v) is 14.4. The smallest absolute Gasteiger partial charge is 0.407 e. The lowest BCUT2D eigenvalue weighted by molar-refractivity contribution is -0.203. The van der Waals surface area contributed by atoms with E-state index in [1.165, 1.54) is 25.7 Å². The molecular formula is C32H56N2O5. The molecule has 7 heteroatoms. The van der Waals surface area contributed by atoms with Gasteiger partial charge in [-0.1, -0.05) is 34.1 Å². The first-order valence-corrected chi connectivity index (χ1v) is 16.3. The van der Waals surface area contributed by atoms with E-state index in [9.17, 15) is 15.0 Å². The van der Waals surface area contributed by atoms with Crippen molar-refractivity contribution in [2.24, 2.45) is 52.3 Å². The van der Waals surface area contributed by atoms with Crippen LogP contribution in [0.4, 0.5) is 4.79 Å². The van der Waals surface area contributed by atoms with Crippen LogP contribution in [0, 0.1) is 52.3 Å². The summed E-state index contributed by atoms with van der Waals surface area (Å²) in [5, 5.41) is 25.3. The molecular weight excluding hydrogens is 492 g/mol. The van der Waals surface area contributed by atoms with Crippen LogP contribution in [-0.4, -0.2) is 79.4 Å². The number of aliphatic hydroxyl groups is 2. The van der Waals surface area contributed by atoms with Crippen LogP contribution >= 0.6 is 0 Å². The van der Waals surface area contributed by atoms with E-state index in [2.05, 4.69) is 37.9 Å². The van der Waals surface area contributed by atoms with Gasteiger partial charge in [-0.2, -0.15) is 0 Å². The number of fused-ring (bicyclic) bond motifs is 5. The summed E-state index contributed by atoms with van der Waals surface area (Å²) in [6.07, 6.45) is 8.95. The Morgan fingerprint density at radius 2 is 1.77 bits per heavy atom. The van der Waals surface area contributed by atoms with Crippen molar-refractivity contribution in [3.05, 3.63) is 0 Å². The molecule has 4 aliphatic carbocycles. The summed E-state index contributed by atoms with van der Waals surface area (Å²) < 4.78 is 11.0. The summed E-state index contributed by atoms with van der Waals surface area (Å²) in [5.74, 6) is 3.39. The molecule has 0 aromatic heterocycles. The minimum absolute atomic E-state index is 0.194. The number of hydrogen-bond donors (Lipinski definition) is 3. The molecule has 2 unspecified atom stereocenters. The molecule has 39 heavy (non-hydrogen) atoms. The SMILES string of the molecule is CC[C@@H]1C2C[C@H](O)CC[C@@]2(C)[C@H]2CC[C@]3(C)[C@@H]([C@H](C)CCOC(=O)NCCN4CCOCC4)CC[C@H]3C2[C@@H]1O. The van der Waals surface area contributed by atoms with Crippen LogP contribution in [0.2, 0.25) is 0 Å². The normalized spacial score (nSPS) is 45.1. The van der Waals surface area contributed by atoms with Crippen molar-refractivity contribution < 1.29 is 24.5 Å². The van der Waals surface area contributed by atoms with Gasteiger partial charge in [-0.3, -0.25) is 4.90 Å². The Bertz CT molecular complexity index is 835. The maximum Gasteiger partial charge on any atom is 0.407 e. The molecule has 3 N–H and O–H groups in total. The van der Waals surface area contributed by atoms with Crippen LogP contribution in [-0.2, 0) is 9.47 Å².